The molecule has 2 rings (SSSR count). The van der Waals surface area contributed by atoms with Gasteiger partial charge in [0, 0.05) is 10.6 Å². The number of carbonyl (C=O) groups excluding carboxylic acids is 2. The van der Waals surface area contributed by atoms with Crippen LogP contribution in [0.2, 0.25) is 5.02 Å². The summed E-state index contributed by atoms with van der Waals surface area (Å²) in [7, 11) is 0. The fourth-order valence-corrected chi connectivity index (χ4v) is 2.28. The SMILES string of the molecule is O=C(NC(=S)NNC(=O)c1cccs1)c1ccc(Cl)cc1. The van der Waals surface area contributed by atoms with Crippen molar-refractivity contribution in [3.63, 3.8) is 0 Å². The Bertz CT molecular complexity index is 657. The Morgan fingerprint density at radius 3 is 2.38 bits per heavy atom. The molecule has 0 radical (unpaired) electrons. The molecule has 5 nitrogen and oxygen atoms in total. The minimum Gasteiger partial charge on any atom is -0.298 e. The third-order valence-electron chi connectivity index (χ3n) is 2.37. The highest BCUT2D eigenvalue weighted by molar-refractivity contribution is 7.80. The lowest BCUT2D eigenvalue weighted by Crippen LogP contribution is -2.48. The van der Waals surface area contributed by atoms with E-state index in [0.717, 1.165) is 0 Å². The summed E-state index contributed by atoms with van der Waals surface area (Å²) in [4.78, 5) is 24.0. The molecule has 2 amide bonds. The van der Waals surface area contributed by atoms with Crippen molar-refractivity contribution >= 4 is 52.1 Å². The second kappa shape index (κ2) is 7.16. The van der Waals surface area contributed by atoms with Crippen molar-refractivity contribution in [1.82, 2.24) is 16.2 Å². The van der Waals surface area contributed by atoms with Gasteiger partial charge < -0.3 is 0 Å². The van der Waals surface area contributed by atoms with Crippen molar-refractivity contribution < 1.29 is 9.59 Å². The van der Waals surface area contributed by atoms with Crippen LogP contribution in [0, 0.1) is 0 Å². The smallest absolute Gasteiger partial charge is 0.279 e. The largest absolute Gasteiger partial charge is 0.298 e. The van der Waals surface area contributed by atoms with Crippen molar-refractivity contribution in [2.45, 2.75) is 0 Å². The van der Waals surface area contributed by atoms with E-state index in [1.54, 1.807) is 41.8 Å². The predicted octanol–water partition coefficient (Wildman–Crippen LogP) is 2.35. The lowest BCUT2D eigenvalue weighted by molar-refractivity contribution is 0.0938. The van der Waals surface area contributed by atoms with Crippen molar-refractivity contribution in [3.8, 4) is 0 Å². The molecule has 1 aromatic heterocycles. The maximum absolute atomic E-state index is 11.8. The molecule has 0 bridgehead atoms. The van der Waals surface area contributed by atoms with Gasteiger partial charge in [-0.15, -0.1) is 11.3 Å². The van der Waals surface area contributed by atoms with Gasteiger partial charge in [-0.3, -0.25) is 25.8 Å². The molecule has 2 aromatic rings. The maximum Gasteiger partial charge on any atom is 0.279 e. The lowest BCUT2D eigenvalue weighted by Gasteiger charge is -2.10. The molecular weight excluding hydrogens is 330 g/mol. The van der Waals surface area contributed by atoms with Gasteiger partial charge in [0.1, 0.15) is 0 Å². The number of benzene rings is 1. The van der Waals surface area contributed by atoms with E-state index in [0.29, 0.717) is 15.5 Å². The average Bonchev–Trinajstić information content (AvgIpc) is 2.99. The summed E-state index contributed by atoms with van der Waals surface area (Å²) in [6.45, 7) is 0. The number of hydrogen-bond donors (Lipinski definition) is 3. The Labute approximate surface area is 135 Å². The van der Waals surface area contributed by atoms with Crippen LogP contribution in [-0.2, 0) is 0 Å². The molecule has 0 aliphatic rings. The standard InChI is InChI=1S/C13H10ClN3O2S2/c14-9-5-3-8(4-6-9)11(18)15-13(20)17-16-12(19)10-2-1-7-21-10/h1-7H,(H,16,19)(H2,15,17,18,20). The van der Waals surface area contributed by atoms with Crippen LogP contribution >= 0.6 is 35.2 Å². The van der Waals surface area contributed by atoms with Gasteiger partial charge in [-0.1, -0.05) is 17.7 Å². The number of hydrazine groups is 1. The van der Waals surface area contributed by atoms with Crippen LogP contribution in [0.4, 0.5) is 0 Å². The van der Waals surface area contributed by atoms with Crippen LogP contribution in [0.25, 0.3) is 0 Å². The molecule has 0 atom stereocenters. The molecule has 0 aliphatic heterocycles. The van der Waals surface area contributed by atoms with Gasteiger partial charge in [0.05, 0.1) is 4.88 Å². The molecule has 1 aromatic carbocycles. The molecule has 0 saturated heterocycles. The van der Waals surface area contributed by atoms with Crippen LogP contribution in [-0.4, -0.2) is 16.9 Å². The minimum absolute atomic E-state index is 0.000133. The molecular formula is C13H10ClN3O2S2. The van der Waals surface area contributed by atoms with E-state index in [1.807, 2.05) is 0 Å². The van der Waals surface area contributed by atoms with Gasteiger partial charge in [0.15, 0.2) is 5.11 Å². The zero-order valence-corrected chi connectivity index (χ0v) is 12.9. The molecule has 0 saturated carbocycles. The monoisotopic (exact) mass is 339 g/mol. The highest BCUT2D eigenvalue weighted by Crippen LogP contribution is 2.09. The zero-order chi connectivity index (χ0) is 15.2. The second-order valence-corrected chi connectivity index (χ2v) is 5.64. The Balaban J connectivity index is 1.83. The number of amides is 2. The molecule has 0 aliphatic carbocycles. The van der Waals surface area contributed by atoms with Crippen molar-refractivity contribution in [2.24, 2.45) is 0 Å². The first kappa shape index (κ1) is 15.4. The topological polar surface area (TPSA) is 70.2 Å². The molecule has 1 heterocycles. The van der Waals surface area contributed by atoms with Gasteiger partial charge >= 0.3 is 0 Å². The average molecular weight is 340 g/mol. The third-order valence-corrected chi connectivity index (χ3v) is 3.69. The Kier molecular flexibility index (Phi) is 5.26. The van der Waals surface area contributed by atoms with E-state index in [9.17, 15) is 9.59 Å². The fourth-order valence-electron chi connectivity index (χ4n) is 1.39. The van der Waals surface area contributed by atoms with E-state index in [-0.39, 0.29) is 11.0 Å². The van der Waals surface area contributed by atoms with Crippen LogP contribution in [0.3, 0.4) is 0 Å². The van der Waals surface area contributed by atoms with E-state index in [2.05, 4.69) is 16.2 Å². The van der Waals surface area contributed by atoms with Crippen molar-refractivity contribution in [3.05, 3.63) is 57.2 Å². The number of thiophene rings is 1. The minimum atomic E-state index is -0.394. The predicted molar refractivity (Wildman–Crippen MR) is 86.4 cm³/mol. The number of nitrogens with one attached hydrogen (secondary N) is 3. The quantitative estimate of drug-likeness (QED) is 0.580. The molecule has 108 valence electrons. The van der Waals surface area contributed by atoms with E-state index in [4.69, 9.17) is 23.8 Å². The molecule has 21 heavy (non-hydrogen) atoms. The summed E-state index contributed by atoms with van der Waals surface area (Å²) in [5.74, 6) is -0.720. The summed E-state index contributed by atoms with van der Waals surface area (Å²) < 4.78 is 0. The van der Waals surface area contributed by atoms with Crippen LogP contribution < -0.4 is 16.2 Å². The maximum atomic E-state index is 11.8. The summed E-state index contributed by atoms with van der Waals surface area (Å²) >= 11 is 12.0. The number of hydrogen-bond acceptors (Lipinski definition) is 4. The summed E-state index contributed by atoms with van der Waals surface area (Å²) in [5, 5.41) is 4.77. The lowest BCUT2D eigenvalue weighted by atomic mass is 10.2. The van der Waals surface area contributed by atoms with Crippen LogP contribution in [0.1, 0.15) is 20.0 Å². The number of halogens is 1. The molecule has 3 N–H and O–H groups in total. The fraction of sp³-hybridized carbons (Fsp3) is 0. The van der Waals surface area contributed by atoms with E-state index < -0.39 is 5.91 Å². The molecule has 8 heteroatoms. The number of thiocarbonyl (C=S) groups is 1. The molecule has 0 fully saturated rings. The number of carbonyl (C=O) groups is 2. The van der Waals surface area contributed by atoms with Gasteiger partial charge in [-0.2, -0.15) is 0 Å². The second-order valence-electron chi connectivity index (χ2n) is 3.85. The summed E-state index contributed by atoms with van der Waals surface area (Å²) in [6.07, 6.45) is 0. The van der Waals surface area contributed by atoms with Crippen molar-refractivity contribution in [1.29, 1.82) is 0 Å². The molecule has 0 spiro atoms. The highest BCUT2D eigenvalue weighted by atomic mass is 35.5. The van der Waals surface area contributed by atoms with Gasteiger partial charge in [-0.25, -0.2) is 0 Å². The first-order chi connectivity index (χ1) is 10.1. The Hall–Kier alpha value is -1.96. The van der Waals surface area contributed by atoms with Crippen molar-refractivity contribution in [2.75, 3.05) is 0 Å². The van der Waals surface area contributed by atoms with Crippen LogP contribution in [0.15, 0.2) is 41.8 Å². The van der Waals surface area contributed by atoms with Gasteiger partial charge in [-0.05, 0) is 47.9 Å². The molecule has 0 unspecified atom stereocenters. The third kappa shape index (κ3) is 4.52. The Morgan fingerprint density at radius 1 is 1.05 bits per heavy atom. The van der Waals surface area contributed by atoms with E-state index in [1.165, 1.54) is 11.3 Å². The first-order valence-corrected chi connectivity index (χ1v) is 7.43. The van der Waals surface area contributed by atoms with Gasteiger partial charge in [0.2, 0.25) is 0 Å². The highest BCUT2D eigenvalue weighted by Gasteiger charge is 2.09. The van der Waals surface area contributed by atoms with Crippen LogP contribution in [0.5, 0.6) is 0 Å². The summed E-state index contributed by atoms with van der Waals surface area (Å²) in [6, 6.07) is 9.79. The number of rotatable bonds is 2. The first-order valence-electron chi connectivity index (χ1n) is 5.77. The zero-order valence-electron chi connectivity index (χ0n) is 10.6. The van der Waals surface area contributed by atoms with Gasteiger partial charge in [0.25, 0.3) is 11.8 Å². The Morgan fingerprint density at radius 2 is 1.76 bits per heavy atom. The normalized spacial score (nSPS) is 9.76. The summed E-state index contributed by atoms with van der Waals surface area (Å²) in [5.41, 5.74) is 5.27. The van der Waals surface area contributed by atoms with E-state index >= 15 is 0 Å².